The first-order valence-corrected chi connectivity index (χ1v) is 10.4. The molecular weight excluding hydrogens is 356 g/mol. The summed E-state index contributed by atoms with van der Waals surface area (Å²) in [4.78, 5) is 25.5. The van der Waals surface area contributed by atoms with Crippen LogP contribution in [0.3, 0.4) is 0 Å². The van der Waals surface area contributed by atoms with Crippen molar-refractivity contribution in [2.24, 2.45) is 5.92 Å². The highest BCUT2D eigenvalue weighted by Gasteiger charge is 2.35. The van der Waals surface area contributed by atoms with Crippen LogP contribution in [0.1, 0.15) is 43.5 Å². The normalized spacial score (nSPS) is 16.4. The zero-order chi connectivity index (χ0) is 19.3. The average Bonchev–Trinajstić information content (AvgIpc) is 2.65. The van der Waals surface area contributed by atoms with Crippen molar-refractivity contribution in [3.05, 3.63) is 29.8 Å². The second-order valence-electron chi connectivity index (χ2n) is 6.40. The predicted molar refractivity (Wildman–Crippen MR) is 97.4 cm³/mol. The topological polar surface area (TPSA) is 95.0 Å². The number of carboxylic acid groups (broad SMARTS) is 1. The molecule has 0 bridgehead atoms. The van der Waals surface area contributed by atoms with E-state index in [9.17, 15) is 23.1 Å². The number of sulfonamides is 1. The van der Waals surface area contributed by atoms with Crippen molar-refractivity contribution < 1.29 is 23.1 Å². The van der Waals surface area contributed by atoms with Crippen LogP contribution >= 0.6 is 0 Å². The SMILES string of the molecule is CCCN(CC)C(=O)C1CCN(S(=O)(=O)c2ccccc2C(=O)O)CC1. The highest BCUT2D eigenvalue weighted by molar-refractivity contribution is 7.89. The minimum atomic E-state index is -3.90. The average molecular weight is 382 g/mol. The summed E-state index contributed by atoms with van der Waals surface area (Å²) >= 11 is 0. The van der Waals surface area contributed by atoms with Crippen LogP contribution in [0.2, 0.25) is 0 Å². The van der Waals surface area contributed by atoms with E-state index in [0.717, 1.165) is 6.42 Å². The summed E-state index contributed by atoms with van der Waals surface area (Å²) in [5.74, 6) is -1.37. The Balaban J connectivity index is 2.12. The molecule has 1 aliphatic heterocycles. The molecule has 144 valence electrons. The number of hydrogen-bond acceptors (Lipinski definition) is 4. The fourth-order valence-electron chi connectivity index (χ4n) is 3.30. The summed E-state index contributed by atoms with van der Waals surface area (Å²) < 4.78 is 27.0. The third-order valence-electron chi connectivity index (χ3n) is 4.73. The van der Waals surface area contributed by atoms with E-state index in [0.29, 0.717) is 25.9 Å². The van der Waals surface area contributed by atoms with Crippen molar-refractivity contribution in [1.82, 2.24) is 9.21 Å². The first-order valence-electron chi connectivity index (χ1n) is 8.94. The van der Waals surface area contributed by atoms with Crippen LogP contribution in [0.25, 0.3) is 0 Å². The van der Waals surface area contributed by atoms with Crippen molar-refractivity contribution in [2.45, 2.75) is 38.0 Å². The van der Waals surface area contributed by atoms with Gasteiger partial charge in [-0.15, -0.1) is 0 Å². The molecule has 2 rings (SSSR count). The fourth-order valence-corrected chi connectivity index (χ4v) is 4.96. The van der Waals surface area contributed by atoms with E-state index in [-0.39, 0.29) is 35.4 Å². The Bertz CT molecular complexity index is 755. The molecular formula is C18H26N2O5S. The number of hydrogen-bond donors (Lipinski definition) is 1. The number of benzene rings is 1. The molecule has 0 saturated carbocycles. The summed E-state index contributed by atoms with van der Waals surface area (Å²) in [6, 6.07) is 5.62. The number of rotatable bonds is 7. The molecule has 1 aliphatic rings. The van der Waals surface area contributed by atoms with Gasteiger partial charge >= 0.3 is 5.97 Å². The number of carboxylic acids is 1. The van der Waals surface area contributed by atoms with Crippen molar-refractivity contribution in [3.8, 4) is 0 Å². The lowest BCUT2D eigenvalue weighted by molar-refractivity contribution is -0.136. The van der Waals surface area contributed by atoms with Crippen LogP contribution < -0.4 is 0 Å². The molecule has 0 spiro atoms. The quantitative estimate of drug-likeness (QED) is 0.779. The Hall–Kier alpha value is -1.93. The van der Waals surface area contributed by atoms with Gasteiger partial charge in [-0.1, -0.05) is 19.1 Å². The maximum atomic E-state index is 12.8. The molecule has 0 radical (unpaired) electrons. The minimum Gasteiger partial charge on any atom is -0.478 e. The zero-order valence-electron chi connectivity index (χ0n) is 15.2. The number of nitrogens with zero attached hydrogens (tertiary/aromatic N) is 2. The number of carbonyl (C=O) groups excluding carboxylic acids is 1. The van der Waals surface area contributed by atoms with Gasteiger partial charge < -0.3 is 10.0 Å². The van der Waals surface area contributed by atoms with E-state index in [4.69, 9.17) is 0 Å². The maximum absolute atomic E-state index is 12.8. The molecule has 1 saturated heterocycles. The molecule has 26 heavy (non-hydrogen) atoms. The highest BCUT2D eigenvalue weighted by Crippen LogP contribution is 2.27. The van der Waals surface area contributed by atoms with Gasteiger partial charge in [-0.3, -0.25) is 4.79 Å². The number of aromatic carboxylic acids is 1. The lowest BCUT2D eigenvalue weighted by Gasteiger charge is -2.33. The molecule has 1 amide bonds. The molecule has 8 heteroatoms. The Kier molecular flexibility index (Phi) is 6.77. The summed E-state index contributed by atoms with van der Waals surface area (Å²) in [6.45, 7) is 5.75. The van der Waals surface area contributed by atoms with Gasteiger partial charge in [0.25, 0.3) is 0 Å². The van der Waals surface area contributed by atoms with Crippen LogP contribution in [0, 0.1) is 5.92 Å². The van der Waals surface area contributed by atoms with Crippen LogP contribution in [-0.2, 0) is 14.8 Å². The predicted octanol–water partition coefficient (Wildman–Crippen LogP) is 2.04. The van der Waals surface area contributed by atoms with Crippen LogP contribution in [0.15, 0.2) is 29.2 Å². The van der Waals surface area contributed by atoms with Crippen LogP contribution in [0.5, 0.6) is 0 Å². The molecule has 0 unspecified atom stereocenters. The van der Waals surface area contributed by atoms with Crippen LogP contribution in [-0.4, -0.2) is 60.8 Å². The van der Waals surface area contributed by atoms with Crippen LogP contribution in [0.4, 0.5) is 0 Å². The van der Waals surface area contributed by atoms with Gasteiger partial charge in [0.05, 0.1) is 10.5 Å². The lowest BCUT2D eigenvalue weighted by Crippen LogP contribution is -2.44. The molecule has 1 aromatic rings. The van der Waals surface area contributed by atoms with E-state index >= 15 is 0 Å². The summed E-state index contributed by atoms with van der Waals surface area (Å²) in [5, 5.41) is 9.25. The number of carbonyl (C=O) groups is 2. The largest absolute Gasteiger partial charge is 0.478 e. The van der Waals surface area contributed by atoms with Gasteiger partial charge in [0.1, 0.15) is 0 Å². The third kappa shape index (κ3) is 4.24. The summed E-state index contributed by atoms with van der Waals surface area (Å²) in [6.07, 6.45) is 1.79. The zero-order valence-corrected chi connectivity index (χ0v) is 16.0. The van der Waals surface area contributed by atoms with Gasteiger partial charge in [-0.2, -0.15) is 4.31 Å². The van der Waals surface area contributed by atoms with Crippen molar-refractivity contribution in [3.63, 3.8) is 0 Å². The van der Waals surface area contributed by atoms with Crippen molar-refractivity contribution >= 4 is 21.9 Å². The monoisotopic (exact) mass is 382 g/mol. The standard InChI is InChI=1S/C18H26N2O5S/c1-3-11-19(4-2)17(21)14-9-12-20(13-10-14)26(24,25)16-8-6-5-7-15(16)18(22)23/h5-8,14H,3-4,9-13H2,1-2H3,(H,22,23). The minimum absolute atomic E-state index is 0.0809. The van der Waals surface area contributed by atoms with E-state index < -0.39 is 16.0 Å². The molecule has 0 aromatic heterocycles. The fraction of sp³-hybridized carbons (Fsp3) is 0.556. The number of amides is 1. The summed E-state index contributed by atoms with van der Waals surface area (Å²) in [5.41, 5.74) is -0.231. The molecule has 1 aromatic carbocycles. The molecule has 0 aliphatic carbocycles. The first-order chi connectivity index (χ1) is 12.3. The summed E-state index contributed by atoms with van der Waals surface area (Å²) in [7, 11) is -3.90. The smallest absolute Gasteiger partial charge is 0.337 e. The Morgan fingerprint density at radius 2 is 1.81 bits per heavy atom. The van der Waals surface area contributed by atoms with Gasteiger partial charge in [-0.05, 0) is 38.3 Å². The third-order valence-corrected chi connectivity index (χ3v) is 6.68. The van der Waals surface area contributed by atoms with Gasteiger partial charge in [-0.25, -0.2) is 13.2 Å². The van der Waals surface area contributed by atoms with Gasteiger partial charge in [0.15, 0.2) is 0 Å². The number of piperidine rings is 1. The second-order valence-corrected chi connectivity index (χ2v) is 8.30. The first kappa shape index (κ1) is 20.4. The van der Waals surface area contributed by atoms with E-state index in [1.54, 1.807) is 0 Å². The highest BCUT2D eigenvalue weighted by atomic mass is 32.2. The maximum Gasteiger partial charge on any atom is 0.337 e. The van der Waals surface area contributed by atoms with Crippen molar-refractivity contribution in [1.29, 1.82) is 0 Å². The molecule has 1 N–H and O–H groups in total. The van der Waals surface area contributed by atoms with E-state index in [1.165, 1.54) is 28.6 Å². The molecule has 7 nitrogen and oxygen atoms in total. The van der Waals surface area contributed by atoms with Gasteiger partial charge in [0.2, 0.25) is 15.9 Å². The van der Waals surface area contributed by atoms with E-state index in [1.807, 2.05) is 18.7 Å². The molecule has 1 heterocycles. The van der Waals surface area contributed by atoms with E-state index in [2.05, 4.69) is 0 Å². The molecule has 1 fully saturated rings. The second kappa shape index (κ2) is 8.64. The van der Waals surface area contributed by atoms with Crippen molar-refractivity contribution in [2.75, 3.05) is 26.2 Å². The van der Waals surface area contributed by atoms with Gasteiger partial charge in [0, 0.05) is 32.1 Å². The Morgan fingerprint density at radius 3 is 2.35 bits per heavy atom. The lowest BCUT2D eigenvalue weighted by atomic mass is 9.96. The molecule has 0 atom stereocenters. The Labute approximate surface area is 154 Å². The Morgan fingerprint density at radius 1 is 1.19 bits per heavy atom.